The summed E-state index contributed by atoms with van der Waals surface area (Å²) in [6.45, 7) is 6.99. The normalized spacial score (nSPS) is 10.5. The Morgan fingerprint density at radius 1 is 0.362 bits per heavy atom. The summed E-state index contributed by atoms with van der Waals surface area (Å²) in [6.07, 6.45) is 0. The number of hydrogen-bond acceptors (Lipinski definition) is 9. The molecule has 0 spiro atoms. The molecule has 47 heavy (non-hydrogen) atoms. The molecule has 244 valence electrons. The van der Waals surface area contributed by atoms with Crippen LogP contribution in [0.15, 0.2) is 103 Å². The van der Waals surface area contributed by atoms with Crippen LogP contribution in [0.4, 0.5) is 0 Å². The monoisotopic (exact) mass is 638 g/mol. The molecule has 0 bridgehead atoms. The Balaban J connectivity index is 1.73. The average molecular weight is 639 g/mol. The summed E-state index contributed by atoms with van der Waals surface area (Å²) >= 11 is 0. The Morgan fingerprint density at radius 2 is 0.894 bits per heavy atom. The van der Waals surface area contributed by atoms with Crippen molar-refractivity contribution in [1.29, 1.82) is 0 Å². The van der Waals surface area contributed by atoms with E-state index in [-0.39, 0.29) is 35.4 Å². The third-order valence-corrected chi connectivity index (χ3v) is 6.68. The molecule has 0 N–H and O–H groups in total. The topological polar surface area (TPSA) is 83.1 Å². The van der Waals surface area contributed by atoms with Gasteiger partial charge < -0.3 is 42.6 Å². The van der Waals surface area contributed by atoms with E-state index in [0.29, 0.717) is 53.5 Å². The van der Waals surface area contributed by atoms with Crippen molar-refractivity contribution in [3.63, 3.8) is 0 Å². The second kappa shape index (κ2) is 16.0. The highest BCUT2D eigenvalue weighted by atomic mass is 16.6. The van der Waals surface area contributed by atoms with E-state index >= 15 is 0 Å². The van der Waals surface area contributed by atoms with Crippen LogP contribution in [-0.4, -0.2) is 34.0 Å². The van der Waals surface area contributed by atoms with Gasteiger partial charge in [-0.15, -0.1) is 0 Å². The molecule has 0 heterocycles. The first-order valence-corrected chi connectivity index (χ1v) is 15.3. The Morgan fingerprint density at radius 3 is 1.49 bits per heavy atom. The van der Waals surface area contributed by atoms with E-state index in [4.69, 9.17) is 42.6 Å². The molecule has 0 fully saturated rings. The zero-order valence-corrected chi connectivity index (χ0v) is 27.1. The van der Waals surface area contributed by atoms with Gasteiger partial charge >= 0.3 is 0 Å². The fourth-order valence-electron chi connectivity index (χ4n) is 4.62. The summed E-state index contributed by atoms with van der Waals surface area (Å²) in [5.74, 6) is 5.67. The summed E-state index contributed by atoms with van der Waals surface area (Å²) in [5.41, 5.74) is 0. The van der Waals surface area contributed by atoms with Crippen LogP contribution in [0.3, 0.4) is 0 Å². The molecule has 0 atom stereocenters. The van der Waals surface area contributed by atoms with Gasteiger partial charge in [-0.05, 0) is 81.4 Å². The van der Waals surface area contributed by atoms with Crippen molar-refractivity contribution in [3.8, 4) is 74.7 Å². The van der Waals surface area contributed by atoms with Crippen LogP contribution in [-0.2, 0) is 0 Å². The first-order valence-electron chi connectivity index (χ1n) is 15.3. The maximum absolute atomic E-state index is 6.55. The molecule has 0 amide bonds. The number of benzene rings is 5. The molecule has 0 aliphatic carbocycles. The molecule has 9 nitrogen and oxygen atoms in total. The Kier molecular flexibility index (Phi) is 11.2. The fraction of sp³-hybridized carbons (Fsp3) is 0.211. The summed E-state index contributed by atoms with van der Waals surface area (Å²) < 4.78 is 54.9. The van der Waals surface area contributed by atoms with Crippen molar-refractivity contribution in [2.24, 2.45) is 0 Å². The first-order chi connectivity index (χ1) is 23.1. The summed E-state index contributed by atoms with van der Waals surface area (Å²) in [5, 5.41) is 0. The van der Waals surface area contributed by atoms with Gasteiger partial charge in [-0.2, -0.15) is 0 Å². The van der Waals surface area contributed by atoms with Crippen LogP contribution in [0.25, 0.3) is 0 Å². The minimum atomic E-state index is 0.248. The van der Waals surface area contributed by atoms with Gasteiger partial charge in [-0.1, -0.05) is 30.3 Å². The molecule has 0 saturated carbocycles. The van der Waals surface area contributed by atoms with Gasteiger partial charge in [-0.25, -0.2) is 0 Å². The zero-order valence-electron chi connectivity index (χ0n) is 27.1. The molecule has 0 aromatic heterocycles. The second-order valence-electron chi connectivity index (χ2n) is 9.82. The van der Waals surface area contributed by atoms with E-state index in [9.17, 15) is 0 Å². The highest BCUT2D eigenvalue weighted by Gasteiger charge is 2.28. The maximum atomic E-state index is 6.55. The van der Waals surface area contributed by atoms with Crippen LogP contribution >= 0.6 is 0 Å². The second-order valence-corrected chi connectivity index (χ2v) is 9.82. The van der Waals surface area contributed by atoms with Gasteiger partial charge in [0.1, 0.15) is 23.0 Å². The van der Waals surface area contributed by atoms with Crippen LogP contribution < -0.4 is 42.6 Å². The predicted molar refractivity (Wildman–Crippen MR) is 179 cm³/mol. The number of rotatable bonds is 16. The van der Waals surface area contributed by atoms with E-state index in [0.717, 1.165) is 5.75 Å². The van der Waals surface area contributed by atoms with Gasteiger partial charge in [-0.3, -0.25) is 0 Å². The summed E-state index contributed by atoms with van der Waals surface area (Å²) in [7, 11) is 3.17. The predicted octanol–water partition coefficient (Wildman–Crippen LogP) is 10.1. The molecule has 5 aromatic carbocycles. The van der Waals surface area contributed by atoms with Crippen LogP contribution in [0.2, 0.25) is 0 Å². The van der Waals surface area contributed by atoms with E-state index in [1.54, 1.807) is 56.7 Å². The number of hydrogen-bond donors (Lipinski definition) is 0. The molecule has 0 aliphatic rings. The molecule has 9 heteroatoms. The lowest BCUT2D eigenvalue weighted by Crippen LogP contribution is -2.03. The largest absolute Gasteiger partial charge is 0.497 e. The third kappa shape index (κ3) is 8.12. The number of para-hydroxylation sites is 4. The van der Waals surface area contributed by atoms with E-state index in [2.05, 4.69) is 0 Å². The zero-order chi connectivity index (χ0) is 33.0. The molecule has 5 rings (SSSR count). The first kappa shape index (κ1) is 32.7. The minimum absolute atomic E-state index is 0.248. The average Bonchev–Trinajstić information content (AvgIpc) is 3.10. The van der Waals surface area contributed by atoms with Crippen molar-refractivity contribution < 1.29 is 42.6 Å². The van der Waals surface area contributed by atoms with Crippen molar-refractivity contribution in [1.82, 2.24) is 0 Å². The van der Waals surface area contributed by atoms with Gasteiger partial charge in [0.15, 0.2) is 34.5 Å². The molecule has 0 aliphatic heterocycles. The van der Waals surface area contributed by atoms with Gasteiger partial charge in [0.05, 0.1) is 34.0 Å². The van der Waals surface area contributed by atoms with Crippen molar-refractivity contribution in [3.05, 3.63) is 103 Å². The van der Waals surface area contributed by atoms with Crippen LogP contribution in [0, 0.1) is 0 Å². The standard InChI is InChI=1S/C38H38O9/c1-6-41-26-20-22-27(23-21-26)44-36-34(47-33-19-12-10-17-31(33)42-7-2)25-35(46-32-18-11-9-16-30(32)40-5)37(38(36)43-8-3)45-29-15-13-14-28(24-29)39-4/h9-25H,6-8H2,1-5H3. The Bertz CT molecular complexity index is 1750. The van der Waals surface area contributed by atoms with Crippen molar-refractivity contribution >= 4 is 0 Å². The minimum Gasteiger partial charge on any atom is -0.497 e. The van der Waals surface area contributed by atoms with E-state index in [1.165, 1.54) is 0 Å². The third-order valence-electron chi connectivity index (χ3n) is 6.68. The molecule has 5 aromatic rings. The highest BCUT2D eigenvalue weighted by Crippen LogP contribution is 2.56. The van der Waals surface area contributed by atoms with E-state index < -0.39 is 0 Å². The lowest BCUT2D eigenvalue weighted by Gasteiger charge is -2.23. The summed E-state index contributed by atoms with van der Waals surface area (Å²) in [4.78, 5) is 0. The Hall–Kier alpha value is -5.70. The number of ether oxygens (including phenoxy) is 9. The summed E-state index contributed by atoms with van der Waals surface area (Å²) in [6, 6.07) is 30.9. The molecule has 0 unspecified atom stereocenters. The molecule has 0 radical (unpaired) electrons. The van der Waals surface area contributed by atoms with Crippen molar-refractivity contribution in [2.45, 2.75) is 20.8 Å². The quantitative estimate of drug-likeness (QED) is 0.105. The van der Waals surface area contributed by atoms with Crippen molar-refractivity contribution in [2.75, 3.05) is 34.0 Å². The molecular formula is C38H38O9. The Labute approximate surface area is 275 Å². The van der Waals surface area contributed by atoms with Gasteiger partial charge in [0.25, 0.3) is 0 Å². The van der Waals surface area contributed by atoms with Gasteiger partial charge in [0.2, 0.25) is 17.2 Å². The molecule has 0 saturated heterocycles. The lowest BCUT2D eigenvalue weighted by molar-refractivity contribution is 0.287. The smallest absolute Gasteiger partial charge is 0.215 e. The lowest BCUT2D eigenvalue weighted by atomic mass is 10.2. The SMILES string of the molecule is CCOc1ccc(Oc2c(Oc3ccccc3OCC)cc(Oc3ccccc3OC)c(Oc3cccc(OC)c3)c2OCC)cc1. The molecular weight excluding hydrogens is 600 g/mol. The van der Waals surface area contributed by atoms with Gasteiger partial charge in [0, 0.05) is 12.1 Å². The fourth-order valence-corrected chi connectivity index (χ4v) is 4.62. The van der Waals surface area contributed by atoms with Crippen LogP contribution in [0.5, 0.6) is 74.7 Å². The highest BCUT2D eigenvalue weighted by molar-refractivity contribution is 5.69. The van der Waals surface area contributed by atoms with Crippen LogP contribution in [0.1, 0.15) is 20.8 Å². The maximum Gasteiger partial charge on any atom is 0.215 e. The number of methoxy groups -OCH3 is 2. The van der Waals surface area contributed by atoms with E-state index in [1.807, 2.05) is 81.4 Å².